The maximum atomic E-state index is 12.1. The Kier molecular flexibility index (Phi) is 8.52. The second-order valence-corrected chi connectivity index (χ2v) is 8.37. The molecule has 0 bridgehead atoms. The van der Waals surface area contributed by atoms with E-state index in [1.165, 1.54) is 6.21 Å². The van der Waals surface area contributed by atoms with Gasteiger partial charge in [0.1, 0.15) is 5.75 Å². The zero-order valence-corrected chi connectivity index (χ0v) is 19.9. The normalized spacial score (nSPS) is 11.1. The van der Waals surface area contributed by atoms with E-state index in [-0.39, 0.29) is 24.2 Å². The number of nitrogens with zero attached hydrogens (tertiary/aromatic N) is 1. The number of benzene rings is 2. The van der Waals surface area contributed by atoms with Crippen molar-refractivity contribution >= 4 is 44.0 Å². The third kappa shape index (κ3) is 6.47. The number of hydrazone groups is 1. The maximum Gasteiger partial charge on any atom is 0.277 e. The van der Waals surface area contributed by atoms with Gasteiger partial charge in [-0.3, -0.25) is 4.79 Å². The van der Waals surface area contributed by atoms with Crippen LogP contribution in [0.4, 0.5) is 0 Å². The van der Waals surface area contributed by atoms with Crippen LogP contribution in [-0.2, 0) is 4.79 Å². The van der Waals surface area contributed by atoms with Crippen molar-refractivity contribution in [3.63, 3.8) is 0 Å². The summed E-state index contributed by atoms with van der Waals surface area (Å²) in [4.78, 5) is 12.1. The highest BCUT2D eigenvalue weighted by Gasteiger charge is 2.12. The van der Waals surface area contributed by atoms with Gasteiger partial charge >= 0.3 is 0 Å². The zero-order chi connectivity index (χ0) is 21.6. The first-order chi connectivity index (χ1) is 13.7. The first kappa shape index (κ1) is 23.2. The zero-order valence-electron chi connectivity index (χ0n) is 16.8. The summed E-state index contributed by atoms with van der Waals surface area (Å²) in [6, 6.07) is 7.24. The van der Waals surface area contributed by atoms with Crippen LogP contribution < -0.4 is 14.9 Å². The fourth-order valence-electron chi connectivity index (χ4n) is 2.53. The van der Waals surface area contributed by atoms with Crippen molar-refractivity contribution in [3.8, 4) is 17.2 Å². The molecule has 0 spiro atoms. The quantitative estimate of drug-likeness (QED) is 0.361. The Bertz CT molecular complexity index is 914. The molecule has 0 aliphatic carbocycles. The van der Waals surface area contributed by atoms with E-state index in [1.54, 1.807) is 12.1 Å². The van der Waals surface area contributed by atoms with E-state index in [4.69, 9.17) is 9.47 Å². The summed E-state index contributed by atoms with van der Waals surface area (Å²) in [7, 11) is 0. The third-order valence-electron chi connectivity index (χ3n) is 4.03. The highest BCUT2D eigenvalue weighted by molar-refractivity contribution is 9.10. The summed E-state index contributed by atoms with van der Waals surface area (Å²) in [6.45, 7) is 8.20. The van der Waals surface area contributed by atoms with Crippen molar-refractivity contribution in [1.82, 2.24) is 5.43 Å². The van der Waals surface area contributed by atoms with Crippen molar-refractivity contribution in [3.05, 3.63) is 49.9 Å². The molecule has 6 nitrogen and oxygen atoms in total. The first-order valence-electron chi connectivity index (χ1n) is 9.13. The van der Waals surface area contributed by atoms with E-state index in [1.807, 2.05) is 26.0 Å². The number of carbonyl (C=O) groups is 1. The summed E-state index contributed by atoms with van der Waals surface area (Å²) < 4.78 is 12.6. The standard InChI is InChI=1S/C21H24Br2N2O4/c1-5-28-19-8-14(7-17(23)21(19)27)10-24-25-20(26)11-29-18-6-13(4)16(22)9-15(18)12(2)3/h6-10,12,27H,5,11H2,1-4H3,(H,25,26)/b24-10+. The number of amides is 1. The lowest BCUT2D eigenvalue weighted by Gasteiger charge is -2.15. The monoisotopic (exact) mass is 526 g/mol. The lowest BCUT2D eigenvalue weighted by molar-refractivity contribution is -0.123. The minimum absolute atomic E-state index is 0.0205. The van der Waals surface area contributed by atoms with E-state index in [0.717, 1.165) is 15.6 Å². The van der Waals surface area contributed by atoms with Crippen LogP contribution in [-0.4, -0.2) is 30.4 Å². The van der Waals surface area contributed by atoms with E-state index >= 15 is 0 Å². The summed E-state index contributed by atoms with van der Waals surface area (Å²) in [5.41, 5.74) is 5.15. The molecule has 8 heteroatoms. The number of nitrogens with one attached hydrogen (secondary N) is 1. The van der Waals surface area contributed by atoms with Gasteiger partial charge in [0, 0.05) is 4.47 Å². The van der Waals surface area contributed by atoms with Crippen LogP contribution in [0.5, 0.6) is 17.2 Å². The van der Waals surface area contributed by atoms with E-state index in [0.29, 0.717) is 28.1 Å². The van der Waals surface area contributed by atoms with Crippen LogP contribution in [0.3, 0.4) is 0 Å². The van der Waals surface area contributed by atoms with E-state index < -0.39 is 0 Å². The molecule has 156 valence electrons. The molecule has 0 saturated heterocycles. The number of aromatic hydroxyl groups is 1. The van der Waals surface area contributed by atoms with Crippen LogP contribution >= 0.6 is 31.9 Å². The highest BCUT2D eigenvalue weighted by atomic mass is 79.9. The molecule has 2 aromatic carbocycles. The summed E-state index contributed by atoms with van der Waals surface area (Å²) in [5, 5.41) is 13.9. The number of aryl methyl sites for hydroxylation is 1. The van der Waals surface area contributed by atoms with Gasteiger partial charge in [-0.15, -0.1) is 0 Å². The maximum absolute atomic E-state index is 12.1. The van der Waals surface area contributed by atoms with Crippen LogP contribution in [0, 0.1) is 6.92 Å². The number of phenols is 1. The average Bonchev–Trinajstić information content (AvgIpc) is 2.66. The average molecular weight is 528 g/mol. The van der Waals surface area contributed by atoms with Gasteiger partial charge in [-0.25, -0.2) is 5.43 Å². The molecule has 0 atom stereocenters. The van der Waals surface area contributed by atoms with E-state index in [9.17, 15) is 9.90 Å². The molecule has 0 radical (unpaired) electrons. The number of rotatable bonds is 8. The van der Waals surface area contributed by atoms with Crippen LogP contribution in [0.25, 0.3) is 0 Å². The molecule has 0 aromatic heterocycles. The molecule has 2 aromatic rings. The van der Waals surface area contributed by atoms with Crippen LogP contribution in [0.2, 0.25) is 0 Å². The Morgan fingerprint density at radius 2 is 1.90 bits per heavy atom. The van der Waals surface area contributed by atoms with Crippen LogP contribution in [0.1, 0.15) is 43.4 Å². The Hall–Kier alpha value is -2.06. The second kappa shape index (κ2) is 10.6. The SMILES string of the molecule is CCOc1cc(/C=N/NC(=O)COc2cc(C)c(Br)cc2C(C)C)cc(Br)c1O. The predicted octanol–water partition coefficient (Wildman–Crippen LogP) is 5.28. The molecular formula is C21H24Br2N2O4. The molecule has 0 fully saturated rings. The number of ether oxygens (including phenoxy) is 2. The van der Waals surface area contributed by atoms with Gasteiger partial charge in [0.2, 0.25) is 0 Å². The van der Waals surface area contributed by atoms with Crippen molar-refractivity contribution in [2.45, 2.75) is 33.6 Å². The summed E-state index contributed by atoms with van der Waals surface area (Å²) in [5.74, 6) is 0.926. The summed E-state index contributed by atoms with van der Waals surface area (Å²) >= 11 is 6.79. The molecule has 0 aliphatic heterocycles. The number of hydrogen-bond donors (Lipinski definition) is 2. The molecule has 0 saturated carbocycles. The van der Waals surface area contributed by atoms with Crippen molar-refractivity contribution < 1.29 is 19.4 Å². The predicted molar refractivity (Wildman–Crippen MR) is 121 cm³/mol. The lowest BCUT2D eigenvalue weighted by Crippen LogP contribution is -2.25. The second-order valence-electron chi connectivity index (χ2n) is 6.66. The molecule has 2 rings (SSSR count). The Morgan fingerprint density at radius 3 is 2.55 bits per heavy atom. The molecule has 0 unspecified atom stereocenters. The van der Waals surface area contributed by atoms with Crippen molar-refractivity contribution in [2.75, 3.05) is 13.2 Å². The van der Waals surface area contributed by atoms with E-state index in [2.05, 4.69) is 56.2 Å². The van der Waals surface area contributed by atoms with Gasteiger partial charge in [-0.1, -0.05) is 29.8 Å². The Labute approximate surface area is 187 Å². The smallest absolute Gasteiger partial charge is 0.277 e. The minimum atomic E-state index is -0.376. The molecule has 29 heavy (non-hydrogen) atoms. The van der Waals surface area contributed by atoms with Gasteiger partial charge in [0.25, 0.3) is 5.91 Å². The van der Waals surface area contributed by atoms with Crippen LogP contribution in [0.15, 0.2) is 38.3 Å². The third-order valence-corrected chi connectivity index (χ3v) is 5.48. The topological polar surface area (TPSA) is 80.2 Å². The fourth-order valence-corrected chi connectivity index (χ4v) is 3.36. The van der Waals surface area contributed by atoms with Gasteiger partial charge in [0.05, 0.1) is 17.3 Å². The van der Waals surface area contributed by atoms with Crippen molar-refractivity contribution in [1.29, 1.82) is 0 Å². The highest BCUT2D eigenvalue weighted by Crippen LogP contribution is 2.35. The minimum Gasteiger partial charge on any atom is -0.503 e. The van der Waals surface area contributed by atoms with Crippen molar-refractivity contribution in [2.24, 2.45) is 5.10 Å². The molecule has 1 amide bonds. The largest absolute Gasteiger partial charge is 0.503 e. The number of carbonyl (C=O) groups excluding carboxylic acids is 1. The number of hydrogen-bond acceptors (Lipinski definition) is 5. The number of phenolic OH excluding ortho intramolecular Hbond substituents is 1. The summed E-state index contributed by atoms with van der Waals surface area (Å²) in [6.07, 6.45) is 1.47. The molecule has 2 N–H and O–H groups in total. The molecular weight excluding hydrogens is 504 g/mol. The molecule has 0 heterocycles. The van der Waals surface area contributed by atoms with Gasteiger partial charge < -0.3 is 14.6 Å². The lowest BCUT2D eigenvalue weighted by atomic mass is 10.0. The molecule has 0 aliphatic rings. The number of halogens is 2. The van der Waals surface area contributed by atoms with Gasteiger partial charge in [0.15, 0.2) is 18.1 Å². The van der Waals surface area contributed by atoms with Gasteiger partial charge in [-0.2, -0.15) is 5.10 Å². The fraction of sp³-hybridized carbons (Fsp3) is 0.333. The Balaban J connectivity index is 2.00. The Morgan fingerprint density at radius 1 is 1.17 bits per heavy atom. The van der Waals surface area contributed by atoms with Gasteiger partial charge in [-0.05, 0) is 76.7 Å². The first-order valence-corrected chi connectivity index (χ1v) is 10.7.